The van der Waals surface area contributed by atoms with Crippen LogP contribution in [0, 0.1) is 0 Å². The monoisotopic (exact) mass is 469 g/mol. The zero-order chi connectivity index (χ0) is 24.7. The van der Waals surface area contributed by atoms with Crippen molar-refractivity contribution in [3.05, 3.63) is 35.7 Å². The van der Waals surface area contributed by atoms with Gasteiger partial charge in [0, 0.05) is 22.6 Å². The standard InChI is InChI=1S/C25H35N5O4/c1-24(2,3)34-23(31)29-14-6-8-15(9-7-14)33-16-10-11-17-18(12-16)21(30-32)25(4,5)19-20(17)27-13-28-22(19)26/h10-15,21,30,32H,6-9H2,1-5H3,(H,29,31)(H2,26,27,28). The van der Waals surface area contributed by atoms with Crippen LogP contribution in [0.3, 0.4) is 0 Å². The van der Waals surface area contributed by atoms with Crippen molar-refractivity contribution in [1.82, 2.24) is 20.8 Å². The molecule has 0 spiro atoms. The summed E-state index contributed by atoms with van der Waals surface area (Å²) < 4.78 is 11.7. The van der Waals surface area contributed by atoms with Gasteiger partial charge in [-0.05, 0) is 70.2 Å². The highest BCUT2D eigenvalue weighted by molar-refractivity contribution is 5.77. The van der Waals surface area contributed by atoms with E-state index in [1.54, 1.807) is 0 Å². The van der Waals surface area contributed by atoms with Crippen molar-refractivity contribution in [3.63, 3.8) is 0 Å². The fourth-order valence-corrected chi connectivity index (χ4v) is 5.06. The number of hydrogen-bond acceptors (Lipinski definition) is 8. The highest BCUT2D eigenvalue weighted by Crippen LogP contribution is 2.50. The molecule has 1 amide bonds. The van der Waals surface area contributed by atoms with Crippen LogP contribution in [0.15, 0.2) is 24.5 Å². The van der Waals surface area contributed by atoms with E-state index in [-0.39, 0.29) is 18.2 Å². The van der Waals surface area contributed by atoms with Crippen LogP contribution in [0.1, 0.15) is 77.5 Å². The molecule has 1 saturated carbocycles. The van der Waals surface area contributed by atoms with Gasteiger partial charge in [0.05, 0.1) is 17.8 Å². The third-order valence-corrected chi connectivity index (χ3v) is 6.66. The van der Waals surface area contributed by atoms with Gasteiger partial charge in [0.1, 0.15) is 23.5 Å². The number of hydroxylamine groups is 1. The summed E-state index contributed by atoms with van der Waals surface area (Å²) in [6.07, 6.45) is 4.46. The van der Waals surface area contributed by atoms with Crippen molar-refractivity contribution in [2.75, 3.05) is 5.73 Å². The van der Waals surface area contributed by atoms with Crippen molar-refractivity contribution in [3.8, 4) is 17.0 Å². The number of fused-ring (bicyclic) bond motifs is 3. The van der Waals surface area contributed by atoms with Crippen LogP contribution in [-0.4, -0.2) is 39.0 Å². The summed E-state index contributed by atoms with van der Waals surface area (Å²) in [5.41, 5.74) is 11.0. The van der Waals surface area contributed by atoms with Gasteiger partial charge in [0.2, 0.25) is 0 Å². The van der Waals surface area contributed by atoms with Crippen LogP contribution in [0.4, 0.5) is 10.6 Å². The maximum Gasteiger partial charge on any atom is 0.407 e. The summed E-state index contributed by atoms with van der Waals surface area (Å²) in [6.45, 7) is 9.58. The molecule has 5 N–H and O–H groups in total. The van der Waals surface area contributed by atoms with Crippen LogP contribution in [-0.2, 0) is 10.2 Å². The van der Waals surface area contributed by atoms with E-state index in [0.717, 1.165) is 53.8 Å². The molecule has 0 aliphatic heterocycles. The maximum absolute atomic E-state index is 12.0. The molecular weight excluding hydrogens is 434 g/mol. The minimum atomic E-state index is -0.535. The van der Waals surface area contributed by atoms with E-state index < -0.39 is 17.1 Å². The van der Waals surface area contributed by atoms with E-state index in [0.29, 0.717) is 5.82 Å². The van der Waals surface area contributed by atoms with E-state index in [2.05, 4.69) is 20.8 Å². The maximum atomic E-state index is 12.0. The molecule has 2 aliphatic carbocycles. The lowest BCUT2D eigenvalue weighted by atomic mass is 9.68. The number of ether oxygens (including phenoxy) is 2. The summed E-state index contributed by atoms with van der Waals surface area (Å²) in [4.78, 5) is 20.7. The first-order valence-corrected chi connectivity index (χ1v) is 11.8. The summed E-state index contributed by atoms with van der Waals surface area (Å²) in [7, 11) is 0. The second kappa shape index (κ2) is 9.03. The van der Waals surface area contributed by atoms with E-state index in [1.165, 1.54) is 6.33 Å². The molecule has 9 nitrogen and oxygen atoms in total. The highest BCUT2D eigenvalue weighted by Gasteiger charge is 2.42. The molecule has 4 rings (SSSR count). The normalized spacial score (nSPS) is 23.4. The molecule has 1 aromatic heterocycles. The number of alkyl carbamates (subject to hydrolysis) is 1. The Morgan fingerprint density at radius 3 is 2.53 bits per heavy atom. The van der Waals surface area contributed by atoms with Crippen LogP contribution < -0.4 is 21.3 Å². The predicted octanol–water partition coefficient (Wildman–Crippen LogP) is 4.25. The molecule has 0 saturated heterocycles. The molecule has 9 heteroatoms. The number of anilines is 1. The van der Waals surface area contributed by atoms with Gasteiger partial charge in [-0.3, -0.25) is 0 Å². The van der Waals surface area contributed by atoms with Crippen LogP contribution in [0.2, 0.25) is 0 Å². The lowest BCUT2D eigenvalue weighted by Crippen LogP contribution is -2.42. The average molecular weight is 470 g/mol. The van der Waals surface area contributed by atoms with Crippen molar-refractivity contribution in [1.29, 1.82) is 0 Å². The summed E-state index contributed by atoms with van der Waals surface area (Å²) in [6, 6.07) is 5.55. The molecule has 2 aliphatic rings. The molecule has 1 heterocycles. The number of rotatable bonds is 4. The fourth-order valence-electron chi connectivity index (χ4n) is 5.06. The molecule has 2 aromatic rings. The van der Waals surface area contributed by atoms with Gasteiger partial charge in [0.25, 0.3) is 0 Å². The van der Waals surface area contributed by atoms with Crippen LogP contribution in [0.25, 0.3) is 11.3 Å². The van der Waals surface area contributed by atoms with Gasteiger partial charge in [-0.15, -0.1) is 0 Å². The van der Waals surface area contributed by atoms with Crippen LogP contribution >= 0.6 is 0 Å². The topological polar surface area (TPSA) is 132 Å². The Morgan fingerprint density at radius 2 is 1.88 bits per heavy atom. The van der Waals surface area contributed by atoms with E-state index in [4.69, 9.17) is 15.2 Å². The molecule has 1 aromatic carbocycles. The molecule has 184 valence electrons. The number of hydrogen-bond donors (Lipinski definition) is 4. The zero-order valence-electron chi connectivity index (χ0n) is 20.5. The molecule has 0 bridgehead atoms. The molecule has 34 heavy (non-hydrogen) atoms. The van der Waals surface area contributed by atoms with E-state index in [9.17, 15) is 10.0 Å². The zero-order valence-corrected chi connectivity index (χ0v) is 20.5. The predicted molar refractivity (Wildman–Crippen MR) is 129 cm³/mol. The van der Waals surface area contributed by atoms with Gasteiger partial charge in [-0.1, -0.05) is 13.8 Å². The number of nitrogens with one attached hydrogen (secondary N) is 2. The highest BCUT2D eigenvalue weighted by atomic mass is 16.6. The number of nitrogens with two attached hydrogens (primary N) is 1. The molecule has 0 radical (unpaired) electrons. The summed E-state index contributed by atoms with van der Waals surface area (Å²) in [5, 5.41) is 13.0. The third-order valence-electron chi connectivity index (χ3n) is 6.66. The number of amides is 1. The second-order valence-corrected chi connectivity index (χ2v) is 10.8. The van der Waals surface area contributed by atoms with Crippen molar-refractivity contribution in [2.24, 2.45) is 0 Å². The lowest BCUT2D eigenvalue weighted by Gasteiger charge is -2.40. The number of carbonyl (C=O) groups is 1. The van der Waals surface area contributed by atoms with E-state index >= 15 is 0 Å². The quantitative estimate of drug-likeness (QED) is 0.489. The van der Waals surface area contributed by atoms with E-state index in [1.807, 2.05) is 52.8 Å². The van der Waals surface area contributed by atoms with Gasteiger partial charge in [0.15, 0.2) is 0 Å². The first-order chi connectivity index (χ1) is 16.0. The lowest BCUT2D eigenvalue weighted by molar-refractivity contribution is 0.0470. The number of benzene rings is 1. The minimum absolute atomic E-state index is 0.0529. The summed E-state index contributed by atoms with van der Waals surface area (Å²) in [5.74, 6) is 1.15. The first kappa shape index (κ1) is 24.2. The third kappa shape index (κ3) is 4.81. The molecule has 1 fully saturated rings. The Balaban J connectivity index is 1.47. The Kier molecular flexibility index (Phi) is 6.44. The fraction of sp³-hybridized carbons (Fsp3) is 0.560. The number of carbonyl (C=O) groups excluding carboxylic acids is 1. The van der Waals surface area contributed by atoms with Gasteiger partial charge in [-0.2, -0.15) is 5.48 Å². The van der Waals surface area contributed by atoms with Crippen LogP contribution in [0.5, 0.6) is 5.75 Å². The average Bonchev–Trinajstić information content (AvgIpc) is 2.73. The first-order valence-electron chi connectivity index (χ1n) is 11.8. The van der Waals surface area contributed by atoms with Gasteiger partial charge in [-0.25, -0.2) is 14.8 Å². The molecular formula is C25H35N5O4. The number of aromatic nitrogens is 2. The van der Waals surface area contributed by atoms with Gasteiger partial charge >= 0.3 is 6.09 Å². The van der Waals surface area contributed by atoms with Crippen molar-refractivity contribution < 1.29 is 19.5 Å². The van der Waals surface area contributed by atoms with Gasteiger partial charge < -0.3 is 25.7 Å². The molecule has 1 atom stereocenters. The largest absolute Gasteiger partial charge is 0.490 e. The van der Waals surface area contributed by atoms with Crippen molar-refractivity contribution >= 4 is 11.9 Å². The Hall–Kier alpha value is -2.91. The number of nitrogen functional groups attached to an aromatic ring is 1. The smallest absolute Gasteiger partial charge is 0.407 e. The SMILES string of the molecule is CC(C)(C)OC(=O)NC1CCC(Oc2ccc3c(c2)C(NO)C(C)(C)c2c(N)ncnc2-3)CC1. The summed E-state index contributed by atoms with van der Waals surface area (Å²) >= 11 is 0. The Morgan fingerprint density at radius 1 is 1.18 bits per heavy atom. The second-order valence-electron chi connectivity index (χ2n) is 10.8. The minimum Gasteiger partial charge on any atom is -0.490 e. The molecule has 1 unspecified atom stereocenters. The Labute approximate surface area is 200 Å². The number of nitrogens with zero attached hydrogens (tertiary/aromatic N) is 2. The van der Waals surface area contributed by atoms with Crippen molar-refractivity contribution in [2.45, 2.75) is 89.5 Å². The Bertz CT molecular complexity index is 1060.